The molecule has 1 fully saturated rings. The van der Waals surface area contributed by atoms with E-state index >= 15 is 0 Å². The number of nitrogens with one attached hydrogen (secondary N) is 1. The van der Waals surface area contributed by atoms with Gasteiger partial charge in [-0.1, -0.05) is 0 Å². The van der Waals surface area contributed by atoms with Gasteiger partial charge in [-0.15, -0.1) is 0 Å². The van der Waals surface area contributed by atoms with Crippen LogP contribution in [0.2, 0.25) is 0 Å². The SMILES string of the molecule is CCn1cc(C(NC2CC2)C(=O)OC)cn1. The lowest BCUT2D eigenvalue weighted by Gasteiger charge is -2.14. The van der Waals surface area contributed by atoms with Gasteiger partial charge < -0.3 is 4.74 Å². The molecule has 5 heteroatoms. The van der Waals surface area contributed by atoms with Crippen LogP contribution < -0.4 is 5.32 Å². The van der Waals surface area contributed by atoms with Crippen molar-refractivity contribution < 1.29 is 9.53 Å². The van der Waals surface area contributed by atoms with Crippen molar-refractivity contribution in [3.8, 4) is 0 Å². The van der Waals surface area contributed by atoms with Gasteiger partial charge >= 0.3 is 5.97 Å². The molecule has 16 heavy (non-hydrogen) atoms. The van der Waals surface area contributed by atoms with E-state index in [-0.39, 0.29) is 12.0 Å². The van der Waals surface area contributed by atoms with Gasteiger partial charge in [-0.25, -0.2) is 4.79 Å². The summed E-state index contributed by atoms with van der Waals surface area (Å²) in [7, 11) is 1.41. The zero-order chi connectivity index (χ0) is 11.5. The number of aromatic nitrogens is 2. The van der Waals surface area contributed by atoms with Crippen LogP contribution in [0.25, 0.3) is 0 Å². The maximum absolute atomic E-state index is 11.7. The lowest BCUT2D eigenvalue weighted by molar-refractivity contribution is -0.143. The molecule has 1 atom stereocenters. The van der Waals surface area contributed by atoms with Gasteiger partial charge in [0.2, 0.25) is 0 Å². The number of rotatable bonds is 5. The molecule has 0 radical (unpaired) electrons. The largest absolute Gasteiger partial charge is 0.468 e. The van der Waals surface area contributed by atoms with Crippen LogP contribution in [0.4, 0.5) is 0 Å². The Bertz CT molecular complexity index is 371. The summed E-state index contributed by atoms with van der Waals surface area (Å²) in [5, 5.41) is 7.44. The van der Waals surface area contributed by atoms with Crippen LogP contribution in [0.5, 0.6) is 0 Å². The van der Waals surface area contributed by atoms with E-state index in [0.717, 1.165) is 24.9 Å². The molecule has 88 valence electrons. The van der Waals surface area contributed by atoms with Crippen molar-refractivity contribution in [3.05, 3.63) is 18.0 Å². The third-order valence-electron chi connectivity index (χ3n) is 2.73. The minimum Gasteiger partial charge on any atom is -0.468 e. The molecule has 0 aliphatic heterocycles. The Labute approximate surface area is 94.8 Å². The van der Waals surface area contributed by atoms with Crippen LogP contribution in [0, 0.1) is 0 Å². The maximum Gasteiger partial charge on any atom is 0.327 e. The highest BCUT2D eigenvalue weighted by atomic mass is 16.5. The Balaban J connectivity index is 2.12. The number of nitrogens with zero attached hydrogens (tertiary/aromatic N) is 2. The molecule has 0 amide bonds. The second-order valence-electron chi connectivity index (χ2n) is 4.03. The quantitative estimate of drug-likeness (QED) is 0.752. The fraction of sp³-hybridized carbons (Fsp3) is 0.636. The number of carbonyl (C=O) groups excluding carboxylic acids is 1. The average Bonchev–Trinajstić information content (AvgIpc) is 3.01. The first kappa shape index (κ1) is 11.1. The highest BCUT2D eigenvalue weighted by Gasteiger charge is 2.30. The zero-order valence-corrected chi connectivity index (χ0v) is 9.64. The second-order valence-corrected chi connectivity index (χ2v) is 4.03. The third-order valence-corrected chi connectivity index (χ3v) is 2.73. The van der Waals surface area contributed by atoms with Gasteiger partial charge in [-0.2, -0.15) is 5.10 Å². The predicted molar refractivity (Wildman–Crippen MR) is 58.8 cm³/mol. The van der Waals surface area contributed by atoms with Gasteiger partial charge in [-0.3, -0.25) is 10.00 Å². The lowest BCUT2D eigenvalue weighted by atomic mass is 10.1. The number of esters is 1. The summed E-state index contributed by atoms with van der Waals surface area (Å²) in [4.78, 5) is 11.7. The van der Waals surface area contributed by atoms with Gasteiger partial charge in [0.25, 0.3) is 0 Å². The summed E-state index contributed by atoms with van der Waals surface area (Å²) in [6.07, 6.45) is 5.88. The highest BCUT2D eigenvalue weighted by molar-refractivity contribution is 5.77. The molecule has 0 aromatic carbocycles. The van der Waals surface area contributed by atoms with Crippen molar-refractivity contribution in [1.29, 1.82) is 0 Å². The van der Waals surface area contributed by atoms with E-state index in [4.69, 9.17) is 4.74 Å². The van der Waals surface area contributed by atoms with Gasteiger partial charge in [0, 0.05) is 24.3 Å². The summed E-state index contributed by atoms with van der Waals surface area (Å²) in [5.74, 6) is -0.248. The molecule has 1 aliphatic rings. The summed E-state index contributed by atoms with van der Waals surface area (Å²) in [6, 6.07) is 0.0758. The highest BCUT2D eigenvalue weighted by Crippen LogP contribution is 2.24. The molecule has 0 saturated heterocycles. The fourth-order valence-corrected chi connectivity index (χ4v) is 1.61. The van der Waals surface area contributed by atoms with Crippen molar-refractivity contribution >= 4 is 5.97 Å². The molecule has 1 saturated carbocycles. The van der Waals surface area contributed by atoms with Crippen LogP contribution in [-0.4, -0.2) is 28.9 Å². The summed E-state index contributed by atoms with van der Waals surface area (Å²) >= 11 is 0. The monoisotopic (exact) mass is 223 g/mol. The van der Waals surface area contributed by atoms with E-state index in [1.807, 2.05) is 13.1 Å². The second kappa shape index (κ2) is 4.65. The zero-order valence-electron chi connectivity index (χ0n) is 9.64. The van der Waals surface area contributed by atoms with Gasteiger partial charge in [0.1, 0.15) is 6.04 Å². The third kappa shape index (κ3) is 2.41. The minimum atomic E-state index is -0.377. The first-order valence-corrected chi connectivity index (χ1v) is 5.60. The van der Waals surface area contributed by atoms with Gasteiger partial charge in [0.05, 0.1) is 13.3 Å². The van der Waals surface area contributed by atoms with Crippen molar-refractivity contribution in [2.45, 2.75) is 38.4 Å². The van der Waals surface area contributed by atoms with E-state index in [9.17, 15) is 4.79 Å². The Morgan fingerprint density at radius 2 is 2.50 bits per heavy atom. The molecule has 1 unspecified atom stereocenters. The van der Waals surface area contributed by atoms with Crippen molar-refractivity contribution in [2.75, 3.05) is 7.11 Å². The maximum atomic E-state index is 11.7. The topological polar surface area (TPSA) is 56.2 Å². The Kier molecular flexibility index (Phi) is 3.24. The molecule has 1 heterocycles. The normalized spacial score (nSPS) is 17.1. The minimum absolute atomic E-state index is 0.248. The number of carbonyl (C=O) groups is 1. The van der Waals surface area contributed by atoms with Crippen LogP contribution >= 0.6 is 0 Å². The van der Waals surface area contributed by atoms with Crippen LogP contribution in [0.3, 0.4) is 0 Å². The van der Waals surface area contributed by atoms with E-state index in [2.05, 4.69) is 10.4 Å². The molecular formula is C11H17N3O2. The Morgan fingerprint density at radius 1 is 1.75 bits per heavy atom. The van der Waals surface area contributed by atoms with Gasteiger partial charge in [0.15, 0.2) is 0 Å². The predicted octanol–water partition coefficient (Wildman–Crippen LogP) is 0.869. The molecule has 0 spiro atoms. The number of hydrogen-bond acceptors (Lipinski definition) is 4. The molecule has 0 bridgehead atoms. The average molecular weight is 223 g/mol. The van der Waals surface area contributed by atoms with Gasteiger partial charge in [-0.05, 0) is 19.8 Å². The molecule has 1 aromatic rings. The van der Waals surface area contributed by atoms with Crippen LogP contribution in [0.1, 0.15) is 31.4 Å². The summed E-state index contributed by atoms with van der Waals surface area (Å²) < 4.78 is 6.61. The smallest absolute Gasteiger partial charge is 0.327 e. The summed E-state index contributed by atoms with van der Waals surface area (Å²) in [5.41, 5.74) is 0.876. The Hall–Kier alpha value is -1.36. The lowest BCUT2D eigenvalue weighted by Crippen LogP contribution is -2.30. The van der Waals surface area contributed by atoms with E-state index in [1.54, 1.807) is 10.9 Å². The van der Waals surface area contributed by atoms with E-state index in [1.165, 1.54) is 7.11 Å². The van der Waals surface area contributed by atoms with Crippen molar-refractivity contribution in [1.82, 2.24) is 15.1 Å². The standard InChI is InChI=1S/C11H17N3O2/c1-3-14-7-8(6-12-14)10(11(15)16-2)13-9-4-5-9/h6-7,9-10,13H,3-5H2,1-2H3. The van der Waals surface area contributed by atoms with E-state index < -0.39 is 0 Å². The number of methoxy groups -OCH3 is 1. The van der Waals surface area contributed by atoms with Crippen molar-refractivity contribution in [2.24, 2.45) is 0 Å². The number of ether oxygens (including phenoxy) is 1. The first-order chi connectivity index (χ1) is 7.74. The first-order valence-electron chi connectivity index (χ1n) is 5.60. The fourth-order valence-electron chi connectivity index (χ4n) is 1.61. The van der Waals surface area contributed by atoms with Crippen molar-refractivity contribution in [3.63, 3.8) is 0 Å². The molecule has 5 nitrogen and oxygen atoms in total. The molecule has 1 aromatic heterocycles. The van der Waals surface area contributed by atoms with Crippen LogP contribution in [0.15, 0.2) is 12.4 Å². The molecule has 1 N–H and O–H groups in total. The van der Waals surface area contributed by atoms with E-state index in [0.29, 0.717) is 6.04 Å². The number of aryl methyl sites for hydroxylation is 1. The number of hydrogen-bond donors (Lipinski definition) is 1. The molecule has 2 rings (SSSR count). The molecular weight excluding hydrogens is 206 g/mol. The summed E-state index contributed by atoms with van der Waals surface area (Å²) in [6.45, 7) is 2.82. The van der Waals surface area contributed by atoms with Crippen LogP contribution in [-0.2, 0) is 16.1 Å². The molecule has 1 aliphatic carbocycles. The Morgan fingerprint density at radius 3 is 3.00 bits per heavy atom.